The van der Waals surface area contributed by atoms with Crippen molar-refractivity contribution >= 4 is 39.8 Å². The van der Waals surface area contributed by atoms with E-state index in [4.69, 9.17) is 0 Å². The molecule has 24 heavy (non-hydrogen) atoms. The van der Waals surface area contributed by atoms with E-state index in [2.05, 4.69) is 15.5 Å². The highest BCUT2D eigenvalue weighted by Gasteiger charge is 2.24. The fourth-order valence-corrected chi connectivity index (χ4v) is 4.57. The van der Waals surface area contributed by atoms with Gasteiger partial charge in [-0.25, -0.2) is 4.39 Å². The van der Waals surface area contributed by atoms with Crippen LogP contribution in [0.1, 0.15) is 26.2 Å². The number of anilines is 2. The fourth-order valence-electron chi connectivity index (χ4n) is 2.57. The maximum atomic E-state index is 13.2. The molecule has 2 heterocycles. The summed E-state index contributed by atoms with van der Waals surface area (Å²) in [6, 6.07) is 6.19. The number of aromatic nitrogens is 2. The quantitative estimate of drug-likeness (QED) is 0.813. The number of amides is 1. The van der Waals surface area contributed by atoms with Gasteiger partial charge in [-0.2, -0.15) is 0 Å². The van der Waals surface area contributed by atoms with Crippen molar-refractivity contribution in [3.05, 3.63) is 30.1 Å². The van der Waals surface area contributed by atoms with Crippen LogP contribution < -0.4 is 5.32 Å². The summed E-state index contributed by atoms with van der Waals surface area (Å²) in [5, 5.41) is 11.6. The largest absolute Gasteiger partial charge is 0.342 e. The van der Waals surface area contributed by atoms with E-state index in [1.807, 2.05) is 11.8 Å². The van der Waals surface area contributed by atoms with Gasteiger partial charge in [0.2, 0.25) is 11.0 Å². The minimum Gasteiger partial charge on any atom is -0.342 e. The van der Waals surface area contributed by atoms with Gasteiger partial charge in [-0.1, -0.05) is 29.2 Å². The first-order valence-electron chi connectivity index (χ1n) is 7.93. The lowest BCUT2D eigenvalue weighted by atomic mass is 10.1. The van der Waals surface area contributed by atoms with E-state index in [-0.39, 0.29) is 17.0 Å². The third-order valence-corrected chi connectivity index (χ3v) is 5.79. The molecule has 1 atom stereocenters. The molecule has 128 valence electrons. The summed E-state index contributed by atoms with van der Waals surface area (Å²) in [6.07, 6.45) is 3.38. The van der Waals surface area contributed by atoms with Gasteiger partial charge in [0.05, 0.1) is 5.25 Å². The van der Waals surface area contributed by atoms with Gasteiger partial charge in [0, 0.05) is 18.8 Å². The molecule has 1 unspecified atom stereocenters. The minimum atomic E-state index is -0.306. The van der Waals surface area contributed by atoms with E-state index >= 15 is 0 Å². The molecule has 2 aromatic rings. The number of benzene rings is 1. The molecular weight excluding hydrogens is 347 g/mol. The second kappa shape index (κ2) is 7.94. The summed E-state index contributed by atoms with van der Waals surface area (Å²) in [7, 11) is 0. The molecule has 1 aliphatic heterocycles. The SMILES string of the molecule is CC(Sc1nnc(Nc2cccc(F)c2)s1)C(=O)N1CCCCC1. The highest BCUT2D eigenvalue weighted by molar-refractivity contribution is 8.02. The molecule has 0 aliphatic carbocycles. The third kappa shape index (κ3) is 4.45. The van der Waals surface area contributed by atoms with Crippen LogP contribution in [0.15, 0.2) is 28.6 Å². The second-order valence-corrected chi connectivity index (χ2v) is 8.22. The van der Waals surface area contributed by atoms with Crippen LogP contribution in [0.3, 0.4) is 0 Å². The number of nitrogens with one attached hydrogen (secondary N) is 1. The Morgan fingerprint density at radius 3 is 2.88 bits per heavy atom. The molecule has 3 rings (SSSR count). The molecule has 0 saturated carbocycles. The Morgan fingerprint density at radius 2 is 2.12 bits per heavy atom. The molecule has 1 amide bonds. The number of likely N-dealkylation sites (tertiary alicyclic amines) is 1. The summed E-state index contributed by atoms with van der Waals surface area (Å²) in [5.41, 5.74) is 0.625. The van der Waals surface area contributed by atoms with E-state index in [9.17, 15) is 9.18 Å². The van der Waals surface area contributed by atoms with Gasteiger partial charge in [0.15, 0.2) is 4.34 Å². The summed E-state index contributed by atoms with van der Waals surface area (Å²) in [6.45, 7) is 3.61. The minimum absolute atomic E-state index is 0.162. The molecule has 0 spiro atoms. The Hall–Kier alpha value is -1.67. The highest BCUT2D eigenvalue weighted by atomic mass is 32.2. The molecule has 1 aromatic heterocycles. The molecule has 1 aliphatic rings. The topological polar surface area (TPSA) is 58.1 Å². The zero-order valence-electron chi connectivity index (χ0n) is 13.4. The Balaban J connectivity index is 1.58. The number of nitrogens with zero attached hydrogens (tertiary/aromatic N) is 3. The number of carbonyl (C=O) groups excluding carboxylic acids is 1. The molecule has 1 aromatic carbocycles. The van der Waals surface area contributed by atoms with Crippen molar-refractivity contribution < 1.29 is 9.18 Å². The summed E-state index contributed by atoms with van der Waals surface area (Å²) >= 11 is 2.78. The van der Waals surface area contributed by atoms with E-state index in [1.165, 1.54) is 41.7 Å². The van der Waals surface area contributed by atoms with Gasteiger partial charge in [0.25, 0.3) is 0 Å². The van der Waals surface area contributed by atoms with Crippen molar-refractivity contribution in [2.24, 2.45) is 0 Å². The number of thioether (sulfide) groups is 1. The summed E-state index contributed by atoms with van der Waals surface area (Å²) in [5.74, 6) is -0.144. The van der Waals surface area contributed by atoms with E-state index in [0.717, 1.165) is 30.3 Å². The van der Waals surface area contributed by atoms with Crippen LogP contribution >= 0.6 is 23.1 Å². The fraction of sp³-hybridized carbons (Fsp3) is 0.438. The maximum Gasteiger partial charge on any atom is 0.235 e. The smallest absolute Gasteiger partial charge is 0.235 e. The molecular formula is C16H19FN4OS2. The van der Waals surface area contributed by atoms with Crippen molar-refractivity contribution in [1.29, 1.82) is 0 Å². The lowest BCUT2D eigenvalue weighted by molar-refractivity contribution is -0.131. The van der Waals surface area contributed by atoms with Gasteiger partial charge < -0.3 is 10.2 Å². The van der Waals surface area contributed by atoms with Gasteiger partial charge in [-0.3, -0.25) is 4.79 Å². The highest BCUT2D eigenvalue weighted by Crippen LogP contribution is 2.31. The van der Waals surface area contributed by atoms with Crippen LogP contribution in [0.2, 0.25) is 0 Å². The molecule has 1 fully saturated rings. The van der Waals surface area contributed by atoms with Crippen LogP contribution in [0, 0.1) is 5.82 Å². The van der Waals surface area contributed by atoms with E-state index < -0.39 is 0 Å². The van der Waals surface area contributed by atoms with Gasteiger partial charge in [-0.15, -0.1) is 10.2 Å². The van der Waals surface area contributed by atoms with Crippen LogP contribution in [-0.4, -0.2) is 39.3 Å². The summed E-state index contributed by atoms with van der Waals surface area (Å²) < 4.78 is 13.9. The van der Waals surface area contributed by atoms with Crippen molar-refractivity contribution in [2.75, 3.05) is 18.4 Å². The van der Waals surface area contributed by atoms with Gasteiger partial charge in [0.1, 0.15) is 5.82 Å². The number of halogens is 1. The number of piperidine rings is 1. The van der Waals surface area contributed by atoms with Crippen molar-refractivity contribution in [3.63, 3.8) is 0 Å². The molecule has 8 heteroatoms. The lowest BCUT2D eigenvalue weighted by Gasteiger charge is -2.28. The predicted molar refractivity (Wildman–Crippen MR) is 95.3 cm³/mol. The first kappa shape index (κ1) is 17.2. The Bertz CT molecular complexity index is 703. The Kier molecular flexibility index (Phi) is 5.68. The van der Waals surface area contributed by atoms with Crippen molar-refractivity contribution in [2.45, 2.75) is 35.8 Å². The maximum absolute atomic E-state index is 13.2. The summed E-state index contributed by atoms with van der Waals surface area (Å²) in [4.78, 5) is 14.4. The predicted octanol–water partition coefficient (Wildman–Crippen LogP) is 3.91. The average molecular weight is 366 g/mol. The zero-order valence-corrected chi connectivity index (χ0v) is 15.0. The van der Waals surface area contributed by atoms with Crippen LogP contribution in [0.5, 0.6) is 0 Å². The first-order valence-corrected chi connectivity index (χ1v) is 9.63. The number of rotatable bonds is 5. The molecule has 0 radical (unpaired) electrons. The molecule has 1 N–H and O–H groups in total. The average Bonchev–Trinajstić information content (AvgIpc) is 3.02. The normalized spacial score (nSPS) is 16.0. The number of carbonyl (C=O) groups is 1. The van der Waals surface area contributed by atoms with Gasteiger partial charge in [-0.05, 0) is 44.4 Å². The standard InChI is InChI=1S/C16H19FN4OS2/c1-11(14(22)21-8-3-2-4-9-21)23-16-20-19-15(24-16)18-13-7-5-6-12(17)10-13/h5-7,10-11H,2-4,8-9H2,1H3,(H,18,19). The Morgan fingerprint density at radius 1 is 1.33 bits per heavy atom. The Labute approximate surface area is 148 Å². The molecule has 1 saturated heterocycles. The van der Waals surface area contributed by atoms with Crippen LogP contribution in [0.25, 0.3) is 0 Å². The van der Waals surface area contributed by atoms with Crippen molar-refractivity contribution in [1.82, 2.24) is 15.1 Å². The molecule has 5 nitrogen and oxygen atoms in total. The van der Waals surface area contributed by atoms with Crippen LogP contribution in [-0.2, 0) is 4.79 Å². The molecule has 0 bridgehead atoms. The third-order valence-electron chi connectivity index (χ3n) is 3.78. The second-order valence-electron chi connectivity index (χ2n) is 5.65. The van der Waals surface area contributed by atoms with Crippen LogP contribution in [0.4, 0.5) is 15.2 Å². The number of hydrogen-bond donors (Lipinski definition) is 1. The van der Waals surface area contributed by atoms with Gasteiger partial charge >= 0.3 is 0 Å². The zero-order chi connectivity index (χ0) is 16.9. The van der Waals surface area contributed by atoms with E-state index in [1.54, 1.807) is 12.1 Å². The monoisotopic (exact) mass is 366 g/mol. The first-order chi connectivity index (χ1) is 11.6. The van der Waals surface area contributed by atoms with E-state index in [0.29, 0.717) is 10.8 Å². The van der Waals surface area contributed by atoms with Crippen molar-refractivity contribution in [3.8, 4) is 0 Å². The number of hydrogen-bond acceptors (Lipinski definition) is 6. The lowest BCUT2D eigenvalue weighted by Crippen LogP contribution is -2.40.